The van der Waals surface area contributed by atoms with Gasteiger partial charge in [0, 0.05) is 36.5 Å². The maximum absolute atomic E-state index is 14.1. The standard InChI is InChI=1S/C20H21FN6O.C3H8O2S/c1-12-4-5-16-14(9-13(21)10-22-16)17-3-2-7-26(17)18-6-8-27-19(25-18)15(11-23-27)20(28)24-12;1-3-6(2,4)5/h6,8-12,17H,2-5,7H2,1H3,(H,24,28);3H2,1-2H3/t12-,17-;/m1./s1. The van der Waals surface area contributed by atoms with Crippen molar-refractivity contribution in [3.63, 3.8) is 0 Å². The topological polar surface area (TPSA) is 110 Å². The number of anilines is 1. The van der Waals surface area contributed by atoms with Gasteiger partial charge in [-0.15, -0.1) is 0 Å². The van der Waals surface area contributed by atoms with E-state index in [0.29, 0.717) is 17.6 Å². The number of fused-ring (bicyclic) bond motifs is 5. The number of sulfone groups is 1. The predicted molar refractivity (Wildman–Crippen MR) is 127 cm³/mol. The third kappa shape index (κ3) is 5.19. The lowest BCUT2D eigenvalue weighted by atomic mass is 9.98. The van der Waals surface area contributed by atoms with Crippen LogP contribution in [0.15, 0.2) is 30.7 Å². The monoisotopic (exact) mass is 488 g/mol. The van der Waals surface area contributed by atoms with Crippen LogP contribution in [0.5, 0.6) is 0 Å². The van der Waals surface area contributed by atoms with Crippen LogP contribution in [-0.2, 0) is 16.3 Å². The number of carbonyl (C=O) groups is 1. The molecular formula is C23H29FN6O3S. The minimum atomic E-state index is -2.66. The van der Waals surface area contributed by atoms with Gasteiger partial charge in [-0.1, -0.05) is 6.92 Å². The highest BCUT2D eigenvalue weighted by molar-refractivity contribution is 7.90. The molecule has 5 heterocycles. The predicted octanol–water partition coefficient (Wildman–Crippen LogP) is 2.72. The fourth-order valence-corrected chi connectivity index (χ4v) is 4.25. The lowest BCUT2D eigenvalue weighted by molar-refractivity contribution is 0.0940. The second-order valence-corrected chi connectivity index (χ2v) is 11.2. The van der Waals surface area contributed by atoms with Crippen molar-refractivity contribution in [1.29, 1.82) is 0 Å². The minimum absolute atomic E-state index is 0.0271. The van der Waals surface area contributed by atoms with Crippen molar-refractivity contribution >= 4 is 27.2 Å². The van der Waals surface area contributed by atoms with Gasteiger partial charge in [0.15, 0.2) is 5.65 Å². The lowest BCUT2D eigenvalue weighted by Crippen LogP contribution is -2.33. The van der Waals surface area contributed by atoms with E-state index in [0.717, 1.165) is 42.9 Å². The third-order valence-electron chi connectivity index (χ3n) is 6.19. The minimum Gasteiger partial charge on any atom is -0.349 e. The van der Waals surface area contributed by atoms with Crippen molar-refractivity contribution in [2.24, 2.45) is 0 Å². The third-order valence-corrected chi connectivity index (χ3v) is 7.24. The molecule has 182 valence electrons. The summed E-state index contributed by atoms with van der Waals surface area (Å²) in [4.78, 5) is 24.1. The molecule has 2 aliphatic heterocycles. The molecule has 2 aliphatic rings. The average Bonchev–Trinajstić information content (AvgIpc) is 3.44. The van der Waals surface area contributed by atoms with E-state index in [1.54, 1.807) is 23.7 Å². The molecule has 34 heavy (non-hydrogen) atoms. The number of rotatable bonds is 1. The quantitative estimate of drug-likeness (QED) is 0.561. The van der Waals surface area contributed by atoms with Crippen molar-refractivity contribution < 1.29 is 17.6 Å². The molecule has 1 N–H and O–H groups in total. The zero-order chi connectivity index (χ0) is 24.5. The van der Waals surface area contributed by atoms with Crippen molar-refractivity contribution in [2.75, 3.05) is 23.5 Å². The Labute approximate surface area is 198 Å². The zero-order valence-corrected chi connectivity index (χ0v) is 20.3. The SMILES string of the molecule is CCS(C)(=O)=O.C[C@@H]1CCc2ncc(F)cc2[C@H]2CCCN2c2ccn3ncc(c3n2)C(=O)N1. The molecule has 11 heteroatoms. The summed E-state index contributed by atoms with van der Waals surface area (Å²) >= 11 is 0. The summed E-state index contributed by atoms with van der Waals surface area (Å²) < 4.78 is 35.7. The summed E-state index contributed by atoms with van der Waals surface area (Å²) in [5.74, 6) is 0.508. The fraction of sp³-hybridized carbons (Fsp3) is 0.478. The molecule has 1 fully saturated rings. The molecule has 5 rings (SSSR count). The van der Waals surface area contributed by atoms with Crippen molar-refractivity contribution in [3.05, 3.63) is 53.4 Å². The Balaban J connectivity index is 0.000000408. The molecule has 0 radical (unpaired) electrons. The Morgan fingerprint density at radius 1 is 1.26 bits per heavy atom. The Morgan fingerprint density at radius 3 is 2.76 bits per heavy atom. The Hall–Kier alpha value is -3.08. The van der Waals surface area contributed by atoms with E-state index in [2.05, 4.69) is 20.3 Å². The second-order valence-electron chi connectivity index (χ2n) is 8.78. The van der Waals surface area contributed by atoms with E-state index in [9.17, 15) is 17.6 Å². The van der Waals surface area contributed by atoms with Crippen LogP contribution in [0, 0.1) is 5.82 Å². The molecule has 2 bridgehead atoms. The summed E-state index contributed by atoms with van der Waals surface area (Å²) in [5, 5.41) is 7.27. The average molecular weight is 489 g/mol. The van der Waals surface area contributed by atoms with Crippen LogP contribution in [-0.4, -0.2) is 58.5 Å². The number of hydrogen-bond acceptors (Lipinski definition) is 7. The summed E-state index contributed by atoms with van der Waals surface area (Å²) in [5.41, 5.74) is 2.81. The number of aryl methyl sites for hydroxylation is 1. The van der Waals surface area contributed by atoms with Crippen LogP contribution >= 0.6 is 0 Å². The number of hydrogen-bond donors (Lipinski definition) is 1. The molecule has 0 aliphatic carbocycles. The molecule has 1 saturated heterocycles. The van der Waals surface area contributed by atoms with Gasteiger partial charge in [-0.3, -0.25) is 9.78 Å². The first-order chi connectivity index (χ1) is 16.2. The van der Waals surface area contributed by atoms with Crippen LogP contribution in [0.3, 0.4) is 0 Å². The summed E-state index contributed by atoms with van der Waals surface area (Å²) in [6.07, 6.45) is 9.18. The molecule has 0 aromatic carbocycles. The largest absolute Gasteiger partial charge is 0.349 e. The van der Waals surface area contributed by atoms with Gasteiger partial charge in [-0.25, -0.2) is 22.3 Å². The number of pyridine rings is 1. The fourth-order valence-electron chi connectivity index (χ4n) is 4.25. The van der Waals surface area contributed by atoms with E-state index in [4.69, 9.17) is 4.98 Å². The first kappa shape index (κ1) is 24.1. The van der Waals surface area contributed by atoms with Crippen LogP contribution in [0.4, 0.5) is 10.2 Å². The van der Waals surface area contributed by atoms with Gasteiger partial charge in [0.05, 0.1) is 18.4 Å². The smallest absolute Gasteiger partial charge is 0.256 e. The number of amides is 1. The highest BCUT2D eigenvalue weighted by Gasteiger charge is 2.31. The summed E-state index contributed by atoms with van der Waals surface area (Å²) in [6.45, 7) is 4.42. The highest BCUT2D eigenvalue weighted by Crippen LogP contribution is 2.37. The molecule has 0 saturated carbocycles. The molecule has 3 aromatic heterocycles. The van der Waals surface area contributed by atoms with Gasteiger partial charge in [-0.2, -0.15) is 5.10 Å². The van der Waals surface area contributed by atoms with Crippen LogP contribution in [0.1, 0.15) is 60.8 Å². The number of halogens is 1. The normalized spacial score (nSPS) is 20.4. The van der Waals surface area contributed by atoms with Crippen LogP contribution in [0.2, 0.25) is 0 Å². The van der Waals surface area contributed by atoms with E-state index in [1.807, 2.05) is 19.2 Å². The van der Waals surface area contributed by atoms with Gasteiger partial charge in [-0.05, 0) is 50.3 Å². The number of aromatic nitrogens is 4. The van der Waals surface area contributed by atoms with Gasteiger partial charge < -0.3 is 10.2 Å². The summed E-state index contributed by atoms with van der Waals surface area (Å²) in [7, 11) is -2.66. The van der Waals surface area contributed by atoms with Crippen molar-refractivity contribution in [1.82, 2.24) is 24.9 Å². The van der Waals surface area contributed by atoms with Gasteiger partial charge in [0.1, 0.15) is 27.0 Å². The molecule has 3 aromatic rings. The number of carbonyl (C=O) groups excluding carboxylic acids is 1. The maximum Gasteiger partial charge on any atom is 0.256 e. The van der Waals surface area contributed by atoms with Crippen molar-refractivity contribution in [3.8, 4) is 0 Å². The molecule has 9 nitrogen and oxygen atoms in total. The van der Waals surface area contributed by atoms with Gasteiger partial charge in [0.25, 0.3) is 5.91 Å². The molecular weight excluding hydrogens is 459 g/mol. The van der Waals surface area contributed by atoms with Gasteiger partial charge in [0.2, 0.25) is 0 Å². The Bertz CT molecular complexity index is 1310. The number of nitrogens with zero attached hydrogens (tertiary/aromatic N) is 5. The van der Waals surface area contributed by atoms with Gasteiger partial charge >= 0.3 is 0 Å². The lowest BCUT2D eigenvalue weighted by Gasteiger charge is -2.27. The molecule has 1 amide bonds. The zero-order valence-electron chi connectivity index (χ0n) is 19.5. The van der Waals surface area contributed by atoms with E-state index in [-0.39, 0.29) is 29.6 Å². The van der Waals surface area contributed by atoms with E-state index >= 15 is 0 Å². The molecule has 0 unspecified atom stereocenters. The second kappa shape index (κ2) is 9.65. The highest BCUT2D eigenvalue weighted by atomic mass is 32.2. The Kier molecular flexibility index (Phi) is 6.83. The first-order valence-corrected chi connectivity index (χ1v) is 13.5. The molecule has 0 spiro atoms. The maximum atomic E-state index is 14.1. The summed E-state index contributed by atoms with van der Waals surface area (Å²) in [6, 6.07) is 3.48. The first-order valence-electron chi connectivity index (χ1n) is 11.4. The van der Waals surface area contributed by atoms with Crippen LogP contribution < -0.4 is 10.2 Å². The van der Waals surface area contributed by atoms with Crippen molar-refractivity contribution in [2.45, 2.75) is 51.6 Å². The van der Waals surface area contributed by atoms with Crippen LogP contribution in [0.25, 0.3) is 5.65 Å². The number of nitrogens with one attached hydrogen (secondary N) is 1. The van der Waals surface area contributed by atoms with E-state index < -0.39 is 9.84 Å². The molecule has 2 atom stereocenters. The van der Waals surface area contributed by atoms with E-state index in [1.165, 1.54) is 12.5 Å². The Morgan fingerprint density at radius 2 is 2.03 bits per heavy atom.